The first-order valence-corrected chi connectivity index (χ1v) is 10.7. The predicted octanol–water partition coefficient (Wildman–Crippen LogP) is 5.59. The fourth-order valence-corrected chi connectivity index (χ4v) is 3.92. The van der Waals surface area contributed by atoms with Crippen molar-refractivity contribution in [1.29, 1.82) is 5.41 Å². The lowest BCUT2D eigenvalue weighted by atomic mass is 9.93. The van der Waals surface area contributed by atoms with Crippen LogP contribution in [-0.4, -0.2) is 30.9 Å². The van der Waals surface area contributed by atoms with E-state index in [-0.39, 0.29) is 11.7 Å². The molecule has 0 aromatic heterocycles. The number of esters is 2. The third-order valence-corrected chi connectivity index (χ3v) is 5.57. The zero-order valence-corrected chi connectivity index (χ0v) is 18.0. The maximum absolute atomic E-state index is 12.8. The summed E-state index contributed by atoms with van der Waals surface area (Å²) in [6.45, 7) is 6.29. The van der Waals surface area contributed by atoms with Gasteiger partial charge in [-0.05, 0) is 45.7 Å². The normalized spacial score (nSPS) is 15.5. The van der Waals surface area contributed by atoms with Crippen molar-refractivity contribution in [3.8, 4) is 0 Å². The molecule has 0 radical (unpaired) electrons. The molecule has 1 atom stereocenters. The van der Waals surface area contributed by atoms with Crippen molar-refractivity contribution >= 4 is 45.8 Å². The van der Waals surface area contributed by atoms with Crippen molar-refractivity contribution < 1.29 is 19.1 Å². The highest BCUT2D eigenvalue weighted by Gasteiger charge is 2.27. The lowest BCUT2D eigenvalue weighted by Gasteiger charge is -2.12. The Morgan fingerprint density at radius 2 is 1.91 bits per heavy atom. The van der Waals surface area contributed by atoms with E-state index in [1.807, 2.05) is 49.4 Å². The van der Waals surface area contributed by atoms with Crippen LogP contribution >= 0.6 is 0 Å². The largest absolute Gasteiger partial charge is 0.386 e. The van der Waals surface area contributed by atoms with Gasteiger partial charge in [-0.15, -0.1) is 0 Å². The second kappa shape index (κ2) is 9.28. The zero-order chi connectivity index (χ0) is 22.7. The average molecular weight is 428 g/mol. The highest BCUT2D eigenvalue weighted by Crippen LogP contribution is 2.31. The van der Waals surface area contributed by atoms with E-state index < -0.39 is 11.9 Å². The smallest absolute Gasteiger partial charge is 0.341 e. The van der Waals surface area contributed by atoms with Crippen molar-refractivity contribution in [3.05, 3.63) is 77.4 Å². The fourth-order valence-electron chi connectivity index (χ4n) is 3.92. The third kappa shape index (κ3) is 4.53. The summed E-state index contributed by atoms with van der Waals surface area (Å²) in [7, 11) is 0. The molecule has 1 fully saturated rings. The van der Waals surface area contributed by atoms with Crippen LogP contribution in [0.25, 0.3) is 27.6 Å². The average Bonchev–Trinajstić information content (AvgIpc) is 3.61. The number of benzene rings is 3. The summed E-state index contributed by atoms with van der Waals surface area (Å²) in [6, 6.07) is 15.9. The maximum Gasteiger partial charge on any atom is 0.341 e. The molecule has 1 N–H and O–H groups in total. The molecule has 4 rings (SSSR count). The molecule has 0 aliphatic carbocycles. The second-order valence-corrected chi connectivity index (χ2v) is 7.96. The van der Waals surface area contributed by atoms with E-state index in [1.165, 1.54) is 6.21 Å². The maximum atomic E-state index is 12.8. The van der Waals surface area contributed by atoms with E-state index in [1.54, 1.807) is 6.08 Å². The number of nitrogens with one attached hydrogen (secondary N) is 1. The Morgan fingerprint density at radius 3 is 2.62 bits per heavy atom. The quantitative estimate of drug-likeness (QED) is 0.127. The Kier molecular flexibility index (Phi) is 6.28. The van der Waals surface area contributed by atoms with E-state index >= 15 is 0 Å². The van der Waals surface area contributed by atoms with E-state index in [4.69, 9.17) is 14.9 Å². The van der Waals surface area contributed by atoms with Gasteiger partial charge in [0.15, 0.2) is 0 Å². The highest BCUT2D eigenvalue weighted by molar-refractivity contribution is 6.15. The molecular weight excluding hydrogens is 402 g/mol. The SMILES string of the molecule is C=C(CC1CO1)C(=O)OC(=O)C(=Cc1cccc2cc3ccccc3c(C=N)c12)CCC. The Hall–Kier alpha value is -3.57. The van der Waals surface area contributed by atoms with Crippen LogP contribution in [0.5, 0.6) is 0 Å². The molecule has 0 spiro atoms. The van der Waals surface area contributed by atoms with Gasteiger partial charge >= 0.3 is 11.9 Å². The first-order valence-electron chi connectivity index (χ1n) is 10.7. The first-order chi connectivity index (χ1) is 15.5. The highest BCUT2D eigenvalue weighted by atomic mass is 16.6. The summed E-state index contributed by atoms with van der Waals surface area (Å²) in [5.41, 5.74) is 2.25. The number of carbonyl (C=O) groups is 2. The Labute approximate surface area is 186 Å². The molecule has 0 saturated carbocycles. The van der Waals surface area contributed by atoms with Gasteiger partial charge < -0.3 is 14.9 Å². The summed E-state index contributed by atoms with van der Waals surface area (Å²) in [4.78, 5) is 25.1. The molecule has 3 aromatic carbocycles. The molecule has 1 aliphatic heterocycles. The van der Waals surface area contributed by atoms with Gasteiger partial charge in [0.25, 0.3) is 0 Å². The second-order valence-electron chi connectivity index (χ2n) is 7.96. The lowest BCUT2D eigenvalue weighted by molar-refractivity contribution is -0.154. The fraction of sp³-hybridized carbons (Fsp3) is 0.222. The number of fused-ring (bicyclic) bond motifs is 2. The van der Waals surface area contributed by atoms with Crippen molar-refractivity contribution in [3.63, 3.8) is 0 Å². The van der Waals surface area contributed by atoms with E-state index in [9.17, 15) is 9.59 Å². The van der Waals surface area contributed by atoms with E-state index in [2.05, 4.69) is 12.6 Å². The van der Waals surface area contributed by atoms with Crippen LogP contribution in [0, 0.1) is 5.41 Å². The Balaban J connectivity index is 1.73. The number of ether oxygens (including phenoxy) is 2. The number of rotatable bonds is 8. The van der Waals surface area contributed by atoms with Gasteiger partial charge in [0.2, 0.25) is 0 Å². The first kappa shape index (κ1) is 21.7. The minimum absolute atomic E-state index is 0.000792. The van der Waals surface area contributed by atoms with Gasteiger partial charge in [-0.3, -0.25) is 0 Å². The molecule has 3 aromatic rings. The summed E-state index contributed by atoms with van der Waals surface area (Å²) in [6.07, 6.45) is 4.69. The summed E-state index contributed by atoms with van der Waals surface area (Å²) >= 11 is 0. The lowest BCUT2D eigenvalue weighted by Crippen LogP contribution is -2.16. The topological polar surface area (TPSA) is 79.8 Å². The van der Waals surface area contributed by atoms with E-state index in [0.717, 1.165) is 39.1 Å². The molecule has 1 heterocycles. The molecule has 0 bridgehead atoms. The van der Waals surface area contributed by atoms with Crippen LogP contribution in [0.2, 0.25) is 0 Å². The Morgan fingerprint density at radius 1 is 1.16 bits per heavy atom. The van der Waals surface area contributed by atoms with Gasteiger partial charge in [0, 0.05) is 29.3 Å². The van der Waals surface area contributed by atoms with Crippen LogP contribution < -0.4 is 0 Å². The molecule has 32 heavy (non-hydrogen) atoms. The molecule has 5 heteroatoms. The summed E-state index contributed by atoms with van der Waals surface area (Å²) in [5, 5.41) is 12.0. The molecule has 1 aliphatic rings. The van der Waals surface area contributed by atoms with Crippen molar-refractivity contribution in [1.82, 2.24) is 0 Å². The van der Waals surface area contributed by atoms with Crippen LogP contribution in [0.15, 0.2) is 66.3 Å². The van der Waals surface area contributed by atoms with Gasteiger partial charge in [-0.25, -0.2) is 9.59 Å². The molecular formula is C27H25NO4. The Bertz CT molecular complexity index is 1270. The number of hydrogen-bond donors (Lipinski definition) is 1. The molecule has 5 nitrogen and oxygen atoms in total. The van der Waals surface area contributed by atoms with Crippen molar-refractivity contribution in [2.24, 2.45) is 0 Å². The van der Waals surface area contributed by atoms with Gasteiger partial charge in [0.1, 0.15) is 0 Å². The molecule has 0 amide bonds. The van der Waals surface area contributed by atoms with Gasteiger partial charge in [0.05, 0.1) is 12.7 Å². The van der Waals surface area contributed by atoms with Gasteiger partial charge in [-0.2, -0.15) is 0 Å². The molecule has 162 valence electrons. The molecule has 1 unspecified atom stereocenters. The summed E-state index contributed by atoms with van der Waals surface area (Å²) in [5.74, 6) is -1.37. The third-order valence-electron chi connectivity index (χ3n) is 5.57. The van der Waals surface area contributed by atoms with E-state index in [0.29, 0.717) is 25.0 Å². The number of epoxide rings is 1. The standard InChI is InChI=1S/C27H25NO4/c1-3-7-21(27(30)32-26(29)17(2)12-22-16-31-22)14-20-10-6-9-19-13-18-8-4-5-11-23(18)24(15-28)25(19)20/h4-6,8-11,13-15,22,28H,2-3,7,12,16H2,1H3. The van der Waals surface area contributed by atoms with Crippen LogP contribution in [-0.2, 0) is 19.1 Å². The van der Waals surface area contributed by atoms with Crippen molar-refractivity contribution in [2.75, 3.05) is 6.61 Å². The number of hydrogen-bond acceptors (Lipinski definition) is 5. The van der Waals surface area contributed by atoms with Crippen molar-refractivity contribution in [2.45, 2.75) is 32.3 Å². The monoisotopic (exact) mass is 427 g/mol. The van der Waals surface area contributed by atoms with Crippen LogP contribution in [0.3, 0.4) is 0 Å². The molecule has 1 saturated heterocycles. The van der Waals surface area contributed by atoms with Crippen LogP contribution in [0.1, 0.15) is 37.3 Å². The van der Waals surface area contributed by atoms with Crippen LogP contribution in [0.4, 0.5) is 0 Å². The summed E-state index contributed by atoms with van der Waals surface area (Å²) < 4.78 is 10.2. The predicted molar refractivity (Wildman–Crippen MR) is 127 cm³/mol. The minimum Gasteiger partial charge on any atom is -0.386 e. The van der Waals surface area contributed by atoms with Gasteiger partial charge in [-0.1, -0.05) is 62.4 Å². The number of carbonyl (C=O) groups excluding carboxylic acids is 2. The zero-order valence-electron chi connectivity index (χ0n) is 18.0. The minimum atomic E-state index is -0.711.